The van der Waals surface area contributed by atoms with E-state index in [1.807, 2.05) is 0 Å². The molecule has 272 valence electrons. The summed E-state index contributed by atoms with van der Waals surface area (Å²) in [5, 5.41) is 4.93. The number of carbonyl (C=O) groups is 3. The van der Waals surface area contributed by atoms with Crippen molar-refractivity contribution in [1.82, 2.24) is 0 Å². The molecule has 1 atom stereocenters. The fourth-order valence-corrected chi connectivity index (χ4v) is 9.29. The predicted octanol–water partition coefficient (Wildman–Crippen LogP) is 10.9. The van der Waals surface area contributed by atoms with E-state index in [-0.39, 0.29) is 55.0 Å². The maximum atomic E-state index is 13.8. The van der Waals surface area contributed by atoms with Gasteiger partial charge in [0, 0.05) is 47.7 Å². The molecule has 53 heavy (non-hydrogen) atoms. The van der Waals surface area contributed by atoms with Crippen LogP contribution in [0.1, 0.15) is 79.9 Å². The molecule has 2 aliphatic carbocycles. The number of nitrogens with zero attached hydrogens (tertiary/aromatic N) is 2. The Morgan fingerprint density at radius 1 is 0.604 bits per heavy atom. The first-order valence-electron chi connectivity index (χ1n) is 18.0. The number of likely N-dealkylation sites (N-methyl/N-ethyl adjacent to an activating group) is 2. The number of benzene rings is 4. The first kappa shape index (κ1) is 37.5. The Hall–Kier alpha value is -5.29. The van der Waals surface area contributed by atoms with E-state index in [9.17, 15) is 14.4 Å². The third kappa shape index (κ3) is 5.55. The lowest BCUT2D eigenvalue weighted by molar-refractivity contribution is -0.136. The molecule has 2 fully saturated rings. The standard InChI is InChI=1S/C46H44N2O3.2CH4/c1-27-36(49)26-37(50)41(44(27)51)40-30(20-24-38-45(2,3)42-32-14-10-8-12-28(32)18-22-34(42)47(38)6)16-17-31(40)21-25-39-46(4,5)43-33-15-11-9-13-29(33)19-23-35(43)48(39)7;;/h8-15,18-25,27H,16-17,26H2,1-7H3;2*1H4/b30-20+,31-21+,38-24+,39-25+;;. The molecular weight excluding hydrogens is 653 g/mol. The molecule has 0 spiro atoms. The third-order valence-electron chi connectivity index (χ3n) is 12.0. The molecule has 4 aromatic rings. The van der Waals surface area contributed by atoms with Gasteiger partial charge in [-0.1, -0.05) is 115 Å². The molecule has 0 amide bonds. The van der Waals surface area contributed by atoms with E-state index < -0.39 is 5.92 Å². The van der Waals surface area contributed by atoms with Crippen LogP contribution < -0.4 is 9.80 Å². The van der Waals surface area contributed by atoms with Crippen molar-refractivity contribution in [2.75, 3.05) is 23.9 Å². The van der Waals surface area contributed by atoms with Gasteiger partial charge in [-0.15, -0.1) is 0 Å². The maximum absolute atomic E-state index is 13.8. The number of rotatable bonds is 2. The van der Waals surface area contributed by atoms with E-state index in [4.69, 9.17) is 0 Å². The van der Waals surface area contributed by atoms with Gasteiger partial charge in [0.25, 0.3) is 0 Å². The zero-order chi connectivity index (χ0) is 36.0. The SMILES string of the molecule is C.C.CC1C(=O)CC(=O)C(=C2/C(=C/C=C3/N(C)c4ccc5ccccc5c4C3(C)C)CC/C2=C\C=C2\N(C)c3ccc4ccccc4c3C2(C)C)C1=O. The van der Waals surface area contributed by atoms with Gasteiger partial charge in [-0.05, 0) is 93.4 Å². The van der Waals surface area contributed by atoms with Crippen LogP contribution in [0.4, 0.5) is 11.4 Å². The monoisotopic (exact) mass is 704 g/mol. The molecule has 0 aromatic heterocycles. The number of allylic oxidation sites excluding steroid dienone is 10. The first-order valence-corrected chi connectivity index (χ1v) is 18.0. The van der Waals surface area contributed by atoms with E-state index in [1.54, 1.807) is 6.92 Å². The van der Waals surface area contributed by atoms with Crippen LogP contribution >= 0.6 is 0 Å². The van der Waals surface area contributed by atoms with Crippen LogP contribution in [0.5, 0.6) is 0 Å². The highest BCUT2D eigenvalue weighted by Crippen LogP contribution is 2.52. The highest BCUT2D eigenvalue weighted by molar-refractivity contribution is 6.34. The summed E-state index contributed by atoms with van der Waals surface area (Å²) in [6, 6.07) is 25.8. The number of Topliss-reactive ketones (excluding diaryl/α,β-unsaturated/α-hetero) is 3. The van der Waals surface area contributed by atoms with Gasteiger partial charge in [-0.25, -0.2) is 0 Å². The van der Waals surface area contributed by atoms with Gasteiger partial charge in [-0.2, -0.15) is 0 Å². The van der Waals surface area contributed by atoms with Crippen molar-refractivity contribution in [1.29, 1.82) is 0 Å². The summed E-state index contributed by atoms with van der Waals surface area (Å²) in [5.41, 5.74) is 9.54. The Balaban J connectivity index is 0.00000240. The third-order valence-corrected chi connectivity index (χ3v) is 12.0. The van der Waals surface area contributed by atoms with E-state index >= 15 is 0 Å². The van der Waals surface area contributed by atoms with Gasteiger partial charge < -0.3 is 9.80 Å². The normalized spacial score (nSPS) is 23.5. The fourth-order valence-electron chi connectivity index (χ4n) is 9.29. The van der Waals surface area contributed by atoms with Crippen molar-refractivity contribution in [3.05, 3.63) is 142 Å². The number of hydrogen-bond acceptors (Lipinski definition) is 5. The zero-order valence-corrected chi connectivity index (χ0v) is 30.6. The molecule has 4 aliphatic rings. The number of fused-ring (bicyclic) bond motifs is 6. The molecule has 2 heterocycles. The van der Waals surface area contributed by atoms with Crippen LogP contribution in [-0.4, -0.2) is 31.4 Å². The second-order valence-corrected chi connectivity index (χ2v) is 15.6. The molecule has 0 N–H and O–H groups in total. The Morgan fingerprint density at radius 3 is 1.49 bits per heavy atom. The molecule has 8 rings (SSSR count). The molecular formula is C48H52N2O3. The van der Waals surface area contributed by atoms with Crippen molar-refractivity contribution in [3.63, 3.8) is 0 Å². The first-order chi connectivity index (χ1) is 24.3. The topological polar surface area (TPSA) is 57.7 Å². The van der Waals surface area contributed by atoms with Crippen molar-refractivity contribution in [2.45, 2.75) is 79.6 Å². The smallest absolute Gasteiger partial charge is 0.177 e. The average molecular weight is 705 g/mol. The zero-order valence-electron chi connectivity index (χ0n) is 30.6. The van der Waals surface area contributed by atoms with Crippen LogP contribution in [0.15, 0.2) is 131 Å². The van der Waals surface area contributed by atoms with Gasteiger partial charge in [0.1, 0.15) is 0 Å². The molecule has 5 nitrogen and oxygen atoms in total. The predicted molar refractivity (Wildman–Crippen MR) is 222 cm³/mol. The van der Waals surface area contributed by atoms with Gasteiger partial charge >= 0.3 is 0 Å². The van der Waals surface area contributed by atoms with Gasteiger partial charge in [0.15, 0.2) is 17.3 Å². The number of anilines is 2. The summed E-state index contributed by atoms with van der Waals surface area (Å²) in [6.07, 6.45) is 9.75. The summed E-state index contributed by atoms with van der Waals surface area (Å²) in [6.45, 7) is 10.7. The van der Waals surface area contributed by atoms with Crippen molar-refractivity contribution < 1.29 is 14.4 Å². The fraction of sp³-hybridized carbons (Fsp3) is 0.312. The molecule has 1 unspecified atom stereocenters. The van der Waals surface area contributed by atoms with Crippen molar-refractivity contribution in [3.8, 4) is 0 Å². The maximum Gasteiger partial charge on any atom is 0.177 e. The Labute approximate surface area is 315 Å². The lowest BCUT2D eigenvalue weighted by atomic mass is 9.79. The Bertz CT molecular complexity index is 2260. The number of ketones is 3. The molecule has 5 heteroatoms. The molecule has 0 bridgehead atoms. The van der Waals surface area contributed by atoms with E-state index in [0.717, 1.165) is 22.5 Å². The second-order valence-electron chi connectivity index (χ2n) is 15.6. The minimum Gasteiger partial charge on any atom is -0.347 e. The average Bonchev–Trinajstić information content (AvgIpc) is 3.66. The second kappa shape index (κ2) is 13.3. The molecule has 0 radical (unpaired) electrons. The molecule has 4 aromatic carbocycles. The van der Waals surface area contributed by atoms with Crippen molar-refractivity contribution in [2.24, 2.45) is 5.92 Å². The Kier molecular flexibility index (Phi) is 9.39. The van der Waals surface area contributed by atoms with Crippen molar-refractivity contribution >= 4 is 50.3 Å². The van der Waals surface area contributed by atoms with Crippen LogP contribution in [0, 0.1) is 5.92 Å². The summed E-state index contributed by atoms with van der Waals surface area (Å²) in [4.78, 5) is 44.6. The summed E-state index contributed by atoms with van der Waals surface area (Å²) in [7, 11) is 4.22. The summed E-state index contributed by atoms with van der Waals surface area (Å²) < 4.78 is 0. The number of hydrogen-bond donors (Lipinski definition) is 0. The van der Waals surface area contributed by atoms with Crippen LogP contribution in [0.2, 0.25) is 0 Å². The van der Waals surface area contributed by atoms with E-state index in [0.29, 0.717) is 18.4 Å². The van der Waals surface area contributed by atoms with Gasteiger partial charge in [0.2, 0.25) is 0 Å². The van der Waals surface area contributed by atoms with Gasteiger partial charge in [0.05, 0.1) is 17.9 Å². The van der Waals surface area contributed by atoms with E-state index in [2.05, 4.69) is 149 Å². The van der Waals surface area contributed by atoms with E-state index in [1.165, 1.54) is 44.0 Å². The minimum atomic E-state index is -0.824. The molecule has 2 saturated carbocycles. The minimum absolute atomic E-state index is 0. The Morgan fingerprint density at radius 2 is 1.04 bits per heavy atom. The van der Waals surface area contributed by atoms with Crippen LogP contribution in [0.25, 0.3) is 21.5 Å². The summed E-state index contributed by atoms with van der Waals surface area (Å²) >= 11 is 0. The van der Waals surface area contributed by atoms with Gasteiger partial charge in [-0.3, -0.25) is 14.4 Å². The quantitative estimate of drug-likeness (QED) is 0.118. The lowest BCUT2D eigenvalue weighted by Gasteiger charge is -2.25. The largest absolute Gasteiger partial charge is 0.347 e. The highest BCUT2D eigenvalue weighted by Gasteiger charge is 2.42. The molecule has 2 aliphatic heterocycles. The molecule has 0 saturated heterocycles. The van der Waals surface area contributed by atoms with Crippen LogP contribution in [0.3, 0.4) is 0 Å². The highest BCUT2D eigenvalue weighted by atomic mass is 16.2. The van der Waals surface area contributed by atoms with Crippen LogP contribution in [-0.2, 0) is 25.2 Å². The summed E-state index contributed by atoms with van der Waals surface area (Å²) in [5.74, 6) is -1.85. The lowest BCUT2D eigenvalue weighted by Crippen LogP contribution is -2.35. The number of carbonyl (C=O) groups excluding carboxylic acids is 3.